The summed E-state index contributed by atoms with van der Waals surface area (Å²) in [5, 5.41) is 3.40. The summed E-state index contributed by atoms with van der Waals surface area (Å²) < 4.78 is 0. The second kappa shape index (κ2) is 4.47. The molecule has 6 atom stereocenters. The molecular formula is C16H26N2O. The Kier molecular flexibility index (Phi) is 2.87. The largest absolute Gasteiger partial charge is 0.353 e. The normalized spacial score (nSPS) is 50.9. The quantitative estimate of drug-likeness (QED) is 0.816. The van der Waals surface area contributed by atoms with Gasteiger partial charge in [-0.05, 0) is 68.2 Å². The van der Waals surface area contributed by atoms with Crippen LogP contribution in [-0.4, -0.2) is 18.5 Å². The SMILES string of the molecule is NCC1CCCCC1C(=O)NC1C2C3CCC(C3)C12. The van der Waals surface area contributed by atoms with Crippen LogP contribution in [0.4, 0.5) is 0 Å². The van der Waals surface area contributed by atoms with Crippen molar-refractivity contribution in [1.82, 2.24) is 5.32 Å². The van der Waals surface area contributed by atoms with Gasteiger partial charge < -0.3 is 11.1 Å². The van der Waals surface area contributed by atoms with E-state index in [1.165, 1.54) is 32.1 Å². The van der Waals surface area contributed by atoms with E-state index in [9.17, 15) is 4.79 Å². The average Bonchev–Trinajstić information content (AvgIpc) is 2.85. The summed E-state index contributed by atoms with van der Waals surface area (Å²) in [5.74, 6) is 4.55. The monoisotopic (exact) mass is 262 g/mol. The fourth-order valence-electron chi connectivity index (χ4n) is 5.62. The molecule has 4 fully saturated rings. The number of nitrogens with one attached hydrogen (secondary N) is 1. The van der Waals surface area contributed by atoms with Gasteiger partial charge in [0.1, 0.15) is 0 Å². The highest BCUT2D eigenvalue weighted by molar-refractivity contribution is 5.80. The third-order valence-electron chi connectivity index (χ3n) is 6.59. The molecule has 6 unspecified atom stereocenters. The van der Waals surface area contributed by atoms with Gasteiger partial charge in [-0.2, -0.15) is 0 Å². The number of amides is 1. The van der Waals surface area contributed by atoms with Gasteiger partial charge in [0.15, 0.2) is 0 Å². The van der Waals surface area contributed by atoms with E-state index >= 15 is 0 Å². The first kappa shape index (κ1) is 12.2. The minimum atomic E-state index is 0.206. The highest BCUT2D eigenvalue weighted by atomic mass is 16.2. The van der Waals surface area contributed by atoms with Crippen molar-refractivity contribution in [2.24, 2.45) is 41.2 Å². The van der Waals surface area contributed by atoms with Crippen LogP contribution in [0.5, 0.6) is 0 Å². The molecule has 0 saturated heterocycles. The maximum absolute atomic E-state index is 12.5. The number of rotatable bonds is 3. The van der Waals surface area contributed by atoms with Crippen LogP contribution in [0, 0.1) is 35.5 Å². The van der Waals surface area contributed by atoms with Crippen LogP contribution in [0.1, 0.15) is 44.9 Å². The van der Waals surface area contributed by atoms with Gasteiger partial charge in [0, 0.05) is 12.0 Å². The van der Waals surface area contributed by atoms with Crippen LogP contribution < -0.4 is 11.1 Å². The first-order chi connectivity index (χ1) is 9.29. The van der Waals surface area contributed by atoms with Crippen molar-refractivity contribution in [3.8, 4) is 0 Å². The molecule has 106 valence electrons. The number of hydrogen-bond donors (Lipinski definition) is 2. The van der Waals surface area contributed by atoms with Crippen LogP contribution in [0.25, 0.3) is 0 Å². The van der Waals surface area contributed by atoms with E-state index < -0.39 is 0 Å². The average molecular weight is 262 g/mol. The minimum absolute atomic E-state index is 0.206. The van der Waals surface area contributed by atoms with Crippen molar-refractivity contribution >= 4 is 5.91 Å². The smallest absolute Gasteiger partial charge is 0.223 e. The highest BCUT2D eigenvalue weighted by Gasteiger charge is 2.65. The summed E-state index contributed by atoms with van der Waals surface area (Å²) in [7, 11) is 0. The number of nitrogens with two attached hydrogens (primary N) is 1. The van der Waals surface area contributed by atoms with Crippen molar-refractivity contribution in [3.05, 3.63) is 0 Å². The molecular weight excluding hydrogens is 236 g/mol. The molecule has 3 N–H and O–H groups in total. The summed E-state index contributed by atoms with van der Waals surface area (Å²) in [6, 6.07) is 0.541. The molecule has 4 rings (SSSR count). The summed E-state index contributed by atoms with van der Waals surface area (Å²) in [6.07, 6.45) is 8.97. The number of carbonyl (C=O) groups is 1. The summed E-state index contributed by atoms with van der Waals surface area (Å²) in [5.41, 5.74) is 5.84. The molecule has 4 aliphatic carbocycles. The van der Waals surface area contributed by atoms with Gasteiger partial charge >= 0.3 is 0 Å². The summed E-state index contributed by atoms with van der Waals surface area (Å²) in [6.45, 7) is 0.681. The molecule has 0 spiro atoms. The molecule has 1 amide bonds. The van der Waals surface area contributed by atoms with Crippen LogP contribution in [0.15, 0.2) is 0 Å². The van der Waals surface area contributed by atoms with Gasteiger partial charge in [0.2, 0.25) is 5.91 Å². The van der Waals surface area contributed by atoms with Crippen molar-refractivity contribution in [3.63, 3.8) is 0 Å². The fourth-order valence-corrected chi connectivity index (χ4v) is 5.62. The lowest BCUT2D eigenvalue weighted by atomic mass is 9.78. The van der Waals surface area contributed by atoms with E-state index in [1.54, 1.807) is 0 Å². The standard InChI is InChI=1S/C16H26N2O/c17-8-11-3-1-2-4-12(11)16(19)18-15-13-9-5-6-10(7-9)14(13)15/h9-15H,1-8,17H2,(H,18,19). The molecule has 0 aromatic heterocycles. The third kappa shape index (κ3) is 1.84. The summed E-state index contributed by atoms with van der Waals surface area (Å²) >= 11 is 0. The predicted molar refractivity (Wildman–Crippen MR) is 74.2 cm³/mol. The molecule has 0 aromatic rings. The molecule has 19 heavy (non-hydrogen) atoms. The van der Waals surface area contributed by atoms with Crippen molar-refractivity contribution in [1.29, 1.82) is 0 Å². The minimum Gasteiger partial charge on any atom is -0.353 e. The van der Waals surface area contributed by atoms with Crippen molar-refractivity contribution < 1.29 is 4.79 Å². The number of carbonyl (C=O) groups excluding carboxylic acids is 1. The first-order valence-electron chi connectivity index (χ1n) is 8.30. The fraction of sp³-hybridized carbons (Fsp3) is 0.938. The van der Waals surface area contributed by atoms with Crippen LogP contribution in [-0.2, 0) is 4.79 Å². The lowest BCUT2D eigenvalue weighted by Gasteiger charge is -2.30. The van der Waals surface area contributed by atoms with E-state index in [4.69, 9.17) is 5.73 Å². The Morgan fingerprint density at radius 3 is 2.42 bits per heavy atom. The van der Waals surface area contributed by atoms with Crippen molar-refractivity contribution in [2.75, 3.05) is 6.54 Å². The molecule has 0 heterocycles. The molecule has 4 saturated carbocycles. The van der Waals surface area contributed by atoms with Gasteiger partial charge in [0.05, 0.1) is 0 Å². The number of fused-ring (bicyclic) bond motifs is 5. The topological polar surface area (TPSA) is 55.1 Å². The molecule has 2 bridgehead atoms. The van der Waals surface area contributed by atoms with E-state index in [1.807, 2.05) is 0 Å². The Hall–Kier alpha value is -0.570. The van der Waals surface area contributed by atoms with Gasteiger partial charge in [0.25, 0.3) is 0 Å². The first-order valence-corrected chi connectivity index (χ1v) is 8.30. The van der Waals surface area contributed by atoms with Gasteiger partial charge in [-0.25, -0.2) is 0 Å². The Labute approximate surface area is 115 Å². The molecule has 3 heteroatoms. The Balaban J connectivity index is 1.37. The Bertz CT molecular complexity index is 367. The molecule has 0 aromatic carbocycles. The number of hydrogen-bond acceptors (Lipinski definition) is 2. The van der Waals surface area contributed by atoms with E-state index in [-0.39, 0.29) is 5.92 Å². The van der Waals surface area contributed by atoms with Gasteiger partial charge in [-0.15, -0.1) is 0 Å². The van der Waals surface area contributed by atoms with Crippen LogP contribution in [0.3, 0.4) is 0 Å². The van der Waals surface area contributed by atoms with Crippen LogP contribution >= 0.6 is 0 Å². The molecule has 3 nitrogen and oxygen atoms in total. The van der Waals surface area contributed by atoms with Gasteiger partial charge in [-0.1, -0.05) is 12.8 Å². The lowest BCUT2D eigenvalue weighted by molar-refractivity contribution is -0.128. The second-order valence-corrected chi connectivity index (χ2v) is 7.41. The molecule has 0 aliphatic heterocycles. The van der Waals surface area contributed by atoms with E-state index in [2.05, 4.69) is 5.32 Å². The molecule has 4 aliphatic rings. The lowest BCUT2D eigenvalue weighted by Crippen LogP contribution is -2.41. The zero-order valence-electron chi connectivity index (χ0n) is 11.7. The van der Waals surface area contributed by atoms with Gasteiger partial charge in [-0.3, -0.25) is 4.79 Å². The highest BCUT2D eigenvalue weighted by Crippen LogP contribution is 2.65. The second-order valence-electron chi connectivity index (χ2n) is 7.41. The molecule has 0 radical (unpaired) electrons. The maximum Gasteiger partial charge on any atom is 0.223 e. The Morgan fingerprint density at radius 2 is 1.74 bits per heavy atom. The van der Waals surface area contributed by atoms with Crippen molar-refractivity contribution in [2.45, 2.75) is 51.0 Å². The third-order valence-corrected chi connectivity index (χ3v) is 6.59. The Morgan fingerprint density at radius 1 is 1.05 bits per heavy atom. The van der Waals surface area contributed by atoms with Crippen LogP contribution in [0.2, 0.25) is 0 Å². The zero-order valence-corrected chi connectivity index (χ0v) is 11.7. The van der Waals surface area contributed by atoms with E-state index in [0.717, 1.165) is 36.5 Å². The predicted octanol–water partition coefficient (Wildman–Crippen LogP) is 1.91. The summed E-state index contributed by atoms with van der Waals surface area (Å²) in [4.78, 5) is 12.5. The zero-order chi connectivity index (χ0) is 13.0. The van der Waals surface area contributed by atoms with E-state index in [0.29, 0.717) is 24.4 Å². The maximum atomic E-state index is 12.5.